The van der Waals surface area contributed by atoms with Crippen LogP contribution in [0, 0.1) is 0 Å². The van der Waals surface area contributed by atoms with Crippen molar-refractivity contribution in [1.82, 2.24) is 0 Å². The van der Waals surface area contributed by atoms with Gasteiger partial charge in [0.2, 0.25) is 0 Å². The van der Waals surface area contributed by atoms with Gasteiger partial charge >= 0.3 is 0 Å². The molecule has 4 nitrogen and oxygen atoms in total. The molecule has 0 bridgehead atoms. The monoisotopic (exact) mass is 376 g/mol. The van der Waals surface area contributed by atoms with Gasteiger partial charge in [-0.2, -0.15) is 0 Å². The van der Waals surface area contributed by atoms with Crippen LogP contribution in [-0.2, 0) is 6.42 Å². The van der Waals surface area contributed by atoms with Crippen LogP contribution >= 0.6 is 0 Å². The summed E-state index contributed by atoms with van der Waals surface area (Å²) in [4.78, 5) is 13.4. The van der Waals surface area contributed by atoms with Crippen molar-refractivity contribution >= 4 is 5.78 Å². The van der Waals surface area contributed by atoms with Gasteiger partial charge in [-0.15, -0.1) is 0 Å². The summed E-state index contributed by atoms with van der Waals surface area (Å²) in [7, 11) is 4.88. The van der Waals surface area contributed by atoms with Gasteiger partial charge < -0.3 is 14.2 Å². The lowest BCUT2D eigenvalue weighted by Crippen LogP contribution is -2.16. The van der Waals surface area contributed by atoms with Crippen LogP contribution in [0.1, 0.15) is 27.4 Å². The van der Waals surface area contributed by atoms with Gasteiger partial charge in [0.05, 0.1) is 27.2 Å². The maximum absolute atomic E-state index is 13.4. The van der Waals surface area contributed by atoms with E-state index in [4.69, 9.17) is 14.2 Å². The van der Waals surface area contributed by atoms with E-state index >= 15 is 0 Å². The zero-order valence-corrected chi connectivity index (χ0v) is 16.3. The second-order valence-corrected chi connectivity index (χ2v) is 6.47. The summed E-state index contributed by atoms with van der Waals surface area (Å²) in [6.07, 6.45) is 0.578. The Bertz CT molecular complexity index is 914. The van der Waals surface area contributed by atoms with E-state index in [9.17, 15) is 4.79 Å². The molecule has 144 valence electrons. The van der Waals surface area contributed by atoms with Crippen LogP contribution in [0.4, 0.5) is 0 Å². The van der Waals surface area contributed by atoms with Crippen molar-refractivity contribution in [3.05, 3.63) is 89.5 Å². The molecule has 28 heavy (non-hydrogen) atoms. The average Bonchev–Trinajstić information content (AvgIpc) is 2.77. The third kappa shape index (κ3) is 4.52. The Labute approximate surface area is 165 Å². The minimum atomic E-state index is -0.314. The second kappa shape index (κ2) is 9.09. The lowest BCUT2D eigenvalue weighted by Gasteiger charge is -2.18. The molecular weight excluding hydrogens is 352 g/mol. The molecular formula is C24H24O4. The highest BCUT2D eigenvalue weighted by Crippen LogP contribution is 2.29. The number of benzene rings is 3. The maximum atomic E-state index is 13.4. The predicted molar refractivity (Wildman–Crippen MR) is 110 cm³/mol. The van der Waals surface area contributed by atoms with Crippen molar-refractivity contribution in [3.63, 3.8) is 0 Å². The fourth-order valence-corrected chi connectivity index (χ4v) is 3.19. The van der Waals surface area contributed by atoms with Gasteiger partial charge in [-0.3, -0.25) is 4.79 Å². The highest BCUT2D eigenvalue weighted by atomic mass is 16.5. The van der Waals surface area contributed by atoms with Crippen LogP contribution < -0.4 is 14.2 Å². The number of methoxy groups -OCH3 is 3. The molecule has 0 aliphatic heterocycles. The van der Waals surface area contributed by atoms with Crippen LogP contribution in [0.5, 0.6) is 17.2 Å². The largest absolute Gasteiger partial charge is 0.497 e. The molecule has 0 heterocycles. The molecule has 4 heteroatoms. The molecule has 0 aliphatic rings. The van der Waals surface area contributed by atoms with Gasteiger partial charge in [0.15, 0.2) is 5.78 Å². The SMILES string of the molecule is COc1ccc(C(=O)C(Cc2cccc(OC)c2)c2ccc(OC)cc2)cc1. The molecule has 0 fully saturated rings. The van der Waals surface area contributed by atoms with Gasteiger partial charge in [0.25, 0.3) is 0 Å². The summed E-state index contributed by atoms with van der Waals surface area (Å²) in [5.41, 5.74) is 2.65. The minimum Gasteiger partial charge on any atom is -0.497 e. The molecule has 0 aromatic heterocycles. The van der Waals surface area contributed by atoms with Gasteiger partial charge in [-0.25, -0.2) is 0 Å². The Kier molecular flexibility index (Phi) is 6.33. The van der Waals surface area contributed by atoms with Gasteiger partial charge in [-0.1, -0.05) is 24.3 Å². The molecule has 3 aromatic rings. The number of carbonyl (C=O) groups excluding carboxylic acids is 1. The molecule has 1 unspecified atom stereocenters. The number of ketones is 1. The molecule has 1 atom stereocenters. The molecule has 3 aromatic carbocycles. The van der Waals surface area contributed by atoms with Crippen LogP contribution in [0.15, 0.2) is 72.8 Å². The van der Waals surface area contributed by atoms with Gasteiger partial charge in [0.1, 0.15) is 17.2 Å². The number of carbonyl (C=O) groups is 1. The first-order valence-corrected chi connectivity index (χ1v) is 9.09. The van der Waals surface area contributed by atoms with E-state index in [2.05, 4.69) is 0 Å². The van der Waals surface area contributed by atoms with Crippen molar-refractivity contribution in [2.24, 2.45) is 0 Å². The molecule has 0 radical (unpaired) electrons. The Morgan fingerprint density at radius 1 is 0.750 bits per heavy atom. The van der Waals surface area contributed by atoms with Crippen molar-refractivity contribution in [1.29, 1.82) is 0 Å². The fourth-order valence-electron chi connectivity index (χ4n) is 3.19. The third-order valence-corrected chi connectivity index (χ3v) is 4.78. The van der Waals surface area contributed by atoms with Crippen LogP contribution in [0.25, 0.3) is 0 Å². The van der Waals surface area contributed by atoms with E-state index in [0.717, 1.165) is 28.4 Å². The van der Waals surface area contributed by atoms with E-state index in [1.807, 2.05) is 72.8 Å². The minimum absolute atomic E-state index is 0.0654. The highest BCUT2D eigenvalue weighted by molar-refractivity contribution is 6.01. The smallest absolute Gasteiger partial charge is 0.170 e. The normalized spacial score (nSPS) is 11.5. The zero-order chi connectivity index (χ0) is 19.9. The first kappa shape index (κ1) is 19.5. The summed E-state index contributed by atoms with van der Waals surface area (Å²) < 4.78 is 15.8. The molecule has 3 rings (SSSR count). The Balaban J connectivity index is 1.95. The van der Waals surface area contributed by atoms with E-state index < -0.39 is 0 Å². The van der Waals surface area contributed by atoms with Crippen LogP contribution in [0.3, 0.4) is 0 Å². The Morgan fingerprint density at radius 3 is 1.89 bits per heavy atom. The quantitative estimate of drug-likeness (QED) is 0.524. The van der Waals surface area contributed by atoms with Crippen LogP contribution in [0.2, 0.25) is 0 Å². The van der Waals surface area contributed by atoms with Crippen molar-refractivity contribution in [2.45, 2.75) is 12.3 Å². The first-order valence-electron chi connectivity index (χ1n) is 9.09. The third-order valence-electron chi connectivity index (χ3n) is 4.78. The van der Waals surface area contributed by atoms with Gasteiger partial charge in [0, 0.05) is 5.56 Å². The summed E-state index contributed by atoms with van der Waals surface area (Å²) in [5, 5.41) is 0. The van der Waals surface area contributed by atoms with E-state index in [0.29, 0.717) is 12.0 Å². The number of hydrogen-bond donors (Lipinski definition) is 0. The predicted octanol–water partition coefficient (Wildman–Crippen LogP) is 4.92. The molecule has 0 amide bonds. The number of Topliss-reactive ketones (excluding diaryl/α,β-unsaturated/α-hetero) is 1. The second-order valence-electron chi connectivity index (χ2n) is 6.47. The van der Waals surface area contributed by atoms with Crippen LogP contribution in [-0.4, -0.2) is 27.1 Å². The van der Waals surface area contributed by atoms with E-state index in [1.165, 1.54) is 0 Å². The Hall–Kier alpha value is -3.27. The zero-order valence-electron chi connectivity index (χ0n) is 16.3. The maximum Gasteiger partial charge on any atom is 0.170 e. The van der Waals surface area contributed by atoms with Crippen molar-refractivity contribution in [3.8, 4) is 17.2 Å². The van der Waals surface area contributed by atoms with Crippen molar-refractivity contribution in [2.75, 3.05) is 21.3 Å². The van der Waals surface area contributed by atoms with E-state index in [1.54, 1.807) is 21.3 Å². The van der Waals surface area contributed by atoms with Crippen molar-refractivity contribution < 1.29 is 19.0 Å². The summed E-state index contributed by atoms with van der Waals surface area (Å²) in [5.74, 6) is 2.02. The highest BCUT2D eigenvalue weighted by Gasteiger charge is 2.23. The summed E-state index contributed by atoms with van der Waals surface area (Å²) in [6, 6.07) is 22.7. The average molecular weight is 376 g/mol. The Morgan fingerprint density at radius 2 is 1.32 bits per heavy atom. The standard InChI is InChI=1S/C24H24O4/c1-26-20-11-7-18(8-12-20)23(16-17-5-4-6-22(15-17)28-3)24(25)19-9-13-21(27-2)14-10-19/h4-15,23H,16H2,1-3H3. The topological polar surface area (TPSA) is 44.8 Å². The lowest BCUT2D eigenvalue weighted by atomic mass is 9.85. The fraction of sp³-hybridized carbons (Fsp3) is 0.208. The number of ether oxygens (including phenoxy) is 3. The summed E-state index contributed by atoms with van der Waals surface area (Å²) >= 11 is 0. The molecule has 0 saturated carbocycles. The molecule has 0 spiro atoms. The molecule has 0 N–H and O–H groups in total. The summed E-state index contributed by atoms with van der Waals surface area (Å²) in [6.45, 7) is 0. The van der Waals surface area contributed by atoms with Gasteiger partial charge in [-0.05, 0) is 66.1 Å². The molecule has 0 aliphatic carbocycles. The molecule has 0 saturated heterocycles. The van der Waals surface area contributed by atoms with E-state index in [-0.39, 0.29) is 11.7 Å². The lowest BCUT2D eigenvalue weighted by molar-refractivity contribution is 0.0958. The first-order chi connectivity index (χ1) is 13.6. The number of rotatable bonds is 8. The number of hydrogen-bond acceptors (Lipinski definition) is 4.